The predicted molar refractivity (Wildman–Crippen MR) is 109 cm³/mol. The predicted octanol–water partition coefficient (Wildman–Crippen LogP) is 3.56. The van der Waals surface area contributed by atoms with Crippen molar-refractivity contribution in [3.8, 4) is 16.9 Å². The molecule has 0 bridgehead atoms. The summed E-state index contributed by atoms with van der Waals surface area (Å²) in [5.41, 5.74) is -3.10. The molecule has 0 unspecified atom stereocenters. The molecule has 0 aliphatic carbocycles. The summed E-state index contributed by atoms with van der Waals surface area (Å²) in [7, 11) is 0. The fourth-order valence-corrected chi connectivity index (χ4v) is 2.80. The fraction of sp³-hybridized carbons (Fsp3) is 0.227. The monoisotopic (exact) mass is 449 g/mol. The molecule has 2 N–H and O–H groups in total. The van der Waals surface area contributed by atoms with E-state index in [2.05, 4.69) is 10.4 Å². The van der Waals surface area contributed by atoms with Crippen LogP contribution in [-0.4, -0.2) is 32.9 Å². The summed E-state index contributed by atoms with van der Waals surface area (Å²) in [5, 5.41) is 16.4. The number of carbonyl (C=O) groups excluding carboxylic acids is 1. The van der Waals surface area contributed by atoms with Crippen LogP contribution < -0.4 is 10.9 Å². The Morgan fingerprint density at radius 3 is 2.31 bits per heavy atom. The summed E-state index contributed by atoms with van der Waals surface area (Å²) in [5.74, 6) is -1.47. The van der Waals surface area contributed by atoms with Crippen molar-refractivity contribution in [1.82, 2.24) is 15.1 Å². The van der Waals surface area contributed by atoms with Crippen LogP contribution in [0, 0.1) is 5.82 Å². The molecule has 0 spiro atoms. The number of rotatable bonds is 5. The van der Waals surface area contributed by atoms with Crippen LogP contribution in [0.1, 0.15) is 29.8 Å². The first-order valence-electron chi connectivity index (χ1n) is 9.44. The van der Waals surface area contributed by atoms with Crippen LogP contribution in [0.2, 0.25) is 0 Å². The summed E-state index contributed by atoms with van der Waals surface area (Å²) in [4.78, 5) is 25.6. The molecular formula is C22H19F4N3O3. The van der Waals surface area contributed by atoms with Gasteiger partial charge in [0.15, 0.2) is 0 Å². The summed E-state index contributed by atoms with van der Waals surface area (Å²) in [6, 6.07) is 10.1. The number of halogens is 4. The third-order valence-corrected chi connectivity index (χ3v) is 4.40. The maximum Gasteiger partial charge on any atom is 0.416 e. The van der Waals surface area contributed by atoms with E-state index in [0.29, 0.717) is 0 Å². The van der Waals surface area contributed by atoms with E-state index in [-0.39, 0.29) is 29.1 Å². The summed E-state index contributed by atoms with van der Waals surface area (Å²) in [6.45, 7) is 2.75. The molecule has 3 aromatic rings. The Labute approximate surface area is 180 Å². The number of aromatic nitrogens is 2. The summed E-state index contributed by atoms with van der Waals surface area (Å²) in [6.07, 6.45) is -4.53. The van der Waals surface area contributed by atoms with Crippen molar-refractivity contribution in [3.05, 3.63) is 81.9 Å². The Kier molecular flexibility index (Phi) is 6.18. The Morgan fingerprint density at radius 2 is 1.75 bits per heavy atom. The van der Waals surface area contributed by atoms with Crippen molar-refractivity contribution < 1.29 is 27.5 Å². The molecule has 1 heterocycles. The van der Waals surface area contributed by atoms with Crippen LogP contribution in [0.4, 0.5) is 17.6 Å². The van der Waals surface area contributed by atoms with Gasteiger partial charge < -0.3 is 10.4 Å². The quantitative estimate of drug-likeness (QED) is 0.584. The highest BCUT2D eigenvalue weighted by Gasteiger charge is 2.30. The molecule has 2 aromatic carbocycles. The number of nitrogens with one attached hydrogen (secondary N) is 1. The molecule has 3 rings (SSSR count). The SMILES string of the molecule is CC(C)(O)CNC(=O)c1cc(-c2ccc(C(F)(F)F)cc2)nn(-c2cccc(F)c2)c1=O. The van der Waals surface area contributed by atoms with Crippen LogP contribution >= 0.6 is 0 Å². The third-order valence-electron chi connectivity index (χ3n) is 4.40. The first kappa shape index (κ1) is 23.1. The Balaban J connectivity index is 2.14. The van der Waals surface area contributed by atoms with Gasteiger partial charge in [-0.2, -0.15) is 23.0 Å². The van der Waals surface area contributed by atoms with Crippen LogP contribution in [0.15, 0.2) is 59.4 Å². The smallest absolute Gasteiger partial charge is 0.389 e. The molecule has 1 aromatic heterocycles. The first-order chi connectivity index (χ1) is 14.8. The largest absolute Gasteiger partial charge is 0.416 e. The van der Waals surface area contributed by atoms with E-state index >= 15 is 0 Å². The normalized spacial score (nSPS) is 12.0. The molecule has 0 saturated carbocycles. The summed E-state index contributed by atoms with van der Waals surface area (Å²) >= 11 is 0. The van der Waals surface area contributed by atoms with Gasteiger partial charge in [-0.15, -0.1) is 0 Å². The van der Waals surface area contributed by atoms with E-state index in [4.69, 9.17) is 0 Å². The molecule has 0 aliphatic rings. The minimum Gasteiger partial charge on any atom is -0.389 e. The van der Waals surface area contributed by atoms with Gasteiger partial charge in [0.2, 0.25) is 0 Å². The van der Waals surface area contributed by atoms with Crippen LogP contribution in [0.3, 0.4) is 0 Å². The van der Waals surface area contributed by atoms with Gasteiger partial charge in [0.1, 0.15) is 11.4 Å². The lowest BCUT2D eigenvalue weighted by Crippen LogP contribution is -2.41. The molecule has 1 amide bonds. The van der Waals surface area contributed by atoms with E-state index in [9.17, 15) is 32.3 Å². The molecule has 0 fully saturated rings. The third kappa shape index (κ3) is 5.38. The van der Waals surface area contributed by atoms with E-state index < -0.39 is 34.6 Å². The van der Waals surface area contributed by atoms with Gasteiger partial charge in [-0.25, -0.2) is 4.39 Å². The van der Waals surface area contributed by atoms with Gasteiger partial charge in [-0.3, -0.25) is 9.59 Å². The van der Waals surface area contributed by atoms with Gasteiger partial charge in [-0.1, -0.05) is 18.2 Å². The number of benzene rings is 2. The zero-order valence-electron chi connectivity index (χ0n) is 17.1. The van der Waals surface area contributed by atoms with Crippen molar-refractivity contribution in [2.75, 3.05) is 6.54 Å². The van der Waals surface area contributed by atoms with E-state index in [1.54, 1.807) is 0 Å². The lowest BCUT2D eigenvalue weighted by Gasteiger charge is -2.18. The molecule has 32 heavy (non-hydrogen) atoms. The molecule has 0 radical (unpaired) electrons. The van der Waals surface area contributed by atoms with Crippen molar-refractivity contribution in [1.29, 1.82) is 0 Å². The molecule has 168 valence electrons. The Bertz CT molecular complexity index is 1200. The number of aliphatic hydroxyl groups is 1. The highest BCUT2D eigenvalue weighted by molar-refractivity contribution is 5.94. The summed E-state index contributed by atoms with van der Waals surface area (Å²) < 4.78 is 53.2. The van der Waals surface area contributed by atoms with E-state index in [0.717, 1.165) is 47.1 Å². The number of nitrogens with zero attached hydrogens (tertiary/aromatic N) is 2. The van der Waals surface area contributed by atoms with Crippen molar-refractivity contribution >= 4 is 5.91 Å². The second kappa shape index (κ2) is 8.54. The number of carbonyl (C=O) groups is 1. The zero-order chi connectivity index (χ0) is 23.7. The Morgan fingerprint density at radius 1 is 1.09 bits per heavy atom. The molecule has 0 aliphatic heterocycles. The van der Waals surface area contributed by atoms with Crippen molar-refractivity contribution in [3.63, 3.8) is 0 Å². The second-order valence-electron chi connectivity index (χ2n) is 7.71. The van der Waals surface area contributed by atoms with E-state index in [1.165, 1.54) is 26.0 Å². The molecule has 6 nitrogen and oxygen atoms in total. The van der Waals surface area contributed by atoms with Crippen LogP contribution in [-0.2, 0) is 6.18 Å². The molecule has 0 atom stereocenters. The number of amides is 1. The zero-order valence-corrected chi connectivity index (χ0v) is 17.1. The number of hydrogen-bond donors (Lipinski definition) is 2. The molecule has 0 saturated heterocycles. The fourth-order valence-electron chi connectivity index (χ4n) is 2.80. The average molecular weight is 449 g/mol. The lowest BCUT2D eigenvalue weighted by atomic mass is 10.1. The van der Waals surface area contributed by atoms with Crippen molar-refractivity contribution in [2.24, 2.45) is 0 Å². The van der Waals surface area contributed by atoms with E-state index in [1.807, 2.05) is 0 Å². The van der Waals surface area contributed by atoms with Gasteiger partial charge in [0.05, 0.1) is 22.5 Å². The van der Waals surface area contributed by atoms with Gasteiger partial charge in [0, 0.05) is 12.1 Å². The van der Waals surface area contributed by atoms with Gasteiger partial charge >= 0.3 is 6.18 Å². The topological polar surface area (TPSA) is 84.2 Å². The molecule has 10 heteroatoms. The van der Waals surface area contributed by atoms with Gasteiger partial charge in [-0.05, 0) is 50.2 Å². The average Bonchev–Trinajstić information content (AvgIpc) is 2.71. The highest BCUT2D eigenvalue weighted by atomic mass is 19.4. The van der Waals surface area contributed by atoms with Gasteiger partial charge in [0.25, 0.3) is 11.5 Å². The van der Waals surface area contributed by atoms with Crippen molar-refractivity contribution in [2.45, 2.75) is 25.6 Å². The van der Waals surface area contributed by atoms with Crippen LogP contribution in [0.5, 0.6) is 0 Å². The highest BCUT2D eigenvalue weighted by Crippen LogP contribution is 2.30. The maximum absolute atomic E-state index is 13.7. The minimum absolute atomic E-state index is 0.0241. The Hall–Kier alpha value is -3.53. The standard InChI is InChI=1S/C22H19F4N3O3/c1-21(2,32)12-27-19(30)17-11-18(13-6-8-14(9-7-13)22(24,25)26)28-29(20(17)31)16-5-3-4-15(23)10-16/h3-11,32H,12H2,1-2H3,(H,27,30). The molecular weight excluding hydrogens is 430 g/mol. The number of alkyl halides is 3. The lowest BCUT2D eigenvalue weighted by molar-refractivity contribution is -0.137. The maximum atomic E-state index is 13.7. The second-order valence-corrected chi connectivity index (χ2v) is 7.71. The first-order valence-corrected chi connectivity index (χ1v) is 9.44. The number of hydrogen-bond acceptors (Lipinski definition) is 4. The minimum atomic E-state index is -4.53. The van der Waals surface area contributed by atoms with Crippen LogP contribution in [0.25, 0.3) is 16.9 Å².